The van der Waals surface area contributed by atoms with E-state index in [1.165, 1.54) is 0 Å². The Morgan fingerprint density at radius 1 is 0.811 bits per heavy atom. The van der Waals surface area contributed by atoms with Crippen molar-refractivity contribution in [3.05, 3.63) is 90.3 Å². The van der Waals surface area contributed by atoms with Crippen LogP contribution in [0.2, 0.25) is 0 Å². The molecule has 3 aromatic rings. The van der Waals surface area contributed by atoms with Crippen LogP contribution in [-0.2, 0) is 24.4 Å². The molecule has 37 heavy (non-hydrogen) atoms. The van der Waals surface area contributed by atoms with Crippen LogP contribution in [0.3, 0.4) is 0 Å². The second-order valence-electron chi connectivity index (χ2n) is 9.87. The first-order chi connectivity index (χ1) is 18.2. The van der Waals surface area contributed by atoms with Gasteiger partial charge in [0.05, 0.1) is 36.4 Å². The van der Waals surface area contributed by atoms with Crippen LogP contribution in [0.5, 0.6) is 0 Å². The van der Waals surface area contributed by atoms with Gasteiger partial charge in [0.25, 0.3) is 0 Å². The summed E-state index contributed by atoms with van der Waals surface area (Å²) in [6.07, 6.45) is 6.55. The molecule has 1 aliphatic rings. The molecule has 4 rings (SSSR count). The topological polar surface area (TPSA) is 86.6 Å². The number of nitrogens with one attached hydrogen (secondary N) is 1. The maximum atomic E-state index is 9.46. The lowest BCUT2D eigenvalue weighted by atomic mass is 9.94. The second-order valence-corrected chi connectivity index (χ2v) is 9.87. The van der Waals surface area contributed by atoms with Crippen LogP contribution >= 0.6 is 0 Å². The molecule has 0 amide bonds. The molecule has 4 heterocycles. The maximum absolute atomic E-state index is 9.46. The number of pyridine rings is 3. The first kappa shape index (κ1) is 27.3. The summed E-state index contributed by atoms with van der Waals surface area (Å²) in [5.41, 5.74) is 3.19. The molecule has 0 unspecified atom stereocenters. The number of hydrogen-bond acceptors (Lipinski definition) is 8. The molecule has 3 atom stereocenters. The smallest absolute Gasteiger partial charge is 0.0832 e. The van der Waals surface area contributed by atoms with E-state index >= 15 is 0 Å². The highest BCUT2D eigenvalue weighted by Gasteiger charge is 2.27. The third-order valence-electron chi connectivity index (χ3n) is 6.91. The number of hydrogen-bond donors (Lipinski definition) is 2. The van der Waals surface area contributed by atoms with Crippen LogP contribution in [0.1, 0.15) is 30.4 Å². The van der Waals surface area contributed by atoms with E-state index in [0.29, 0.717) is 18.6 Å². The van der Waals surface area contributed by atoms with Crippen molar-refractivity contribution in [3.63, 3.8) is 0 Å². The van der Waals surface area contributed by atoms with Gasteiger partial charge in [-0.3, -0.25) is 24.8 Å². The van der Waals surface area contributed by atoms with Crippen molar-refractivity contribution < 1.29 is 9.84 Å². The molecular weight excluding hydrogens is 464 g/mol. The molecule has 0 spiro atoms. The Balaban J connectivity index is 1.36. The van der Waals surface area contributed by atoms with Crippen LogP contribution in [0.15, 0.2) is 73.2 Å². The Bertz CT molecular complexity index is 969. The summed E-state index contributed by atoms with van der Waals surface area (Å²) in [6, 6.07) is 18.6. The summed E-state index contributed by atoms with van der Waals surface area (Å²) in [4.78, 5) is 18.5. The quantitative estimate of drug-likeness (QED) is 0.347. The van der Waals surface area contributed by atoms with E-state index in [1.54, 1.807) is 0 Å². The Kier molecular flexibility index (Phi) is 11.0. The van der Waals surface area contributed by atoms with Crippen molar-refractivity contribution >= 4 is 0 Å². The van der Waals surface area contributed by atoms with Gasteiger partial charge < -0.3 is 15.2 Å². The lowest BCUT2D eigenvalue weighted by molar-refractivity contribution is -0.0634. The molecule has 0 bridgehead atoms. The fourth-order valence-electron chi connectivity index (χ4n) is 4.80. The Hall–Kier alpha value is -2.75. The van der Waals surface area contributed by atoms with Gasteiger partial charge in [0, 0.05) is 70.4 Å². The molecule has 2 N–H and O–H groups in total. The predicted octanol–water partition coefficient (Wildman–Crippen LogP) is 2.75. The summed E-state index contributed by atoms with van der Waals surface area (Å²) in [6.45, 7) is 8.82. The van der Waals surface area contributed by atoms with Crippen molar-refractivity contribution in [2.75, 3.05) is 39.4 Å². The van der Waals surface area contributed by atoms with Gasteiger partial charge in [0.2, 0.25) is 0 Å². The molecule has 8 heteroatoms. The number of rotatable bonds is 14. The lowest BCUT2D eigenvalue weighted by Crippen LogP contribution is -2.47. The van der Waals surface area contributed by atoms with E-state index in [9.17, 15) is 5.11 Å². The van der Waals surface area contributed by atoms with Crippen LogP contribution in [0, 0.1) is 5.92 Å². The SMILES string of the molecule is C[C@H]1C[C@@H](NCCN(CCN(Cc2ccccn2)Cc2ccccn2)Cc2ccccn2)CO[C@@H]1CO. The number of aliphatic hydroxyl groups is 1. The number of ether oxygens (including phenoxy) is 1. The fourth-order valence-corrected chi connectivity index (χ4v) is 4.80. The zero-order chi connectivity index (χ0) is 25.7. The van der Waals surface area contributed by atoms with E-state index in [2.05, 4.69) is 55.2 Å². The van der Waals surface area contributed by atoms with E-state index in [-0.39, 0.29) is 12.7 Å². The van der Waals surface area contributed by atoms with Gasteiger partial charge in [0.15, 0.2) is 0 Å². The minimum atomic E-state index is -0.0390. The molecule has 0 saturated carbocycles. The molecule has 1 fully saturated rings. The highest BCUT2D eigenvalue weighted by Crippen LogP contribution is 2.20. The lowest BCUT2D eigenvalue weighted by Gasteiger charge is -2.34. The minimum Gasteiger partial charge on any atom is -0.394 e. The number of nitrogens with zero attached hydrogens (tertiary/aromatic N) is 5. The molecule has 1 saturated heterocycles. The van der Waals surface area contributed by atoms with Gasteiger partial charge in [-0.25, -0.2) is 0 Å². The molecule has 3 aromatic heterocycles. The van der Waals surface area contributed by atoms with Crippen LogP contribution in [0.4, 0.5) is 0 Å². The predicted molar refractivity (Wildman–Crippen MR) is 144 cm³/mol. The standard InChI is InChI=1S/C29H40N6O2/c1-24-18-28(23-37-29(24)22-36)33-14-15-34(19-25-8-2-5-11-30-25)16-17-35(20-26-9-3-6-12-31-26)21-27-10-4-7-13-32-27/h2-13,24,28-29,33,36H,14-23H2,1H3/t24-,28+,29+/m0/s1. The zero-order valence-corrected chi connectivity index (χ0v) is 21.8. The van der Waals surface area contributed by atoms with Crippen LogP contribution in [-0.4, -0.2) is 81.4 Å². The van der Waals surface area contributed by atoms with Gasteiger partial charge in [-0.15, -0.1) is 0 Å². The van der Waals surface area contributed by atoms with Crippen LogP contribution < -0.4 is 5.32 Å². The summed E-state index contributed by atoms with van der Waals surface area (Å²) < 4.78 is 5.84. The van der Waals surface area contributed by atoms with E-state index < -0.39 is 0 Å². The van der Waals surface area contributed by atoms with Crippen molar-refractivity contribution in [3.8, 4) is 0 Å². The molecule has 198 valence electrons. The molecule has 8 nitrogen and oxygen atoms in total. The normalized spacial score (nSPS) is 19.9. The molecule has 1 aliphatic heterocycles. The Labute approximate surface area is 220 Å². The maximum Gasteiger partial charge on any atom is 0.0832 e. The van der Waals surface area contributed by atoms with Gasteiger partial charge >= 0.3 is 0 Å². The first-order valence-corrected chi connectivity index (χ1v) is 13.3. The number of aromatic nitrogens is 3. The van der Waals surface area contributed by atoms with Crippen molar-refractivity contribution in [2.24, 2.45) is 5.92 Å². The zero-order valence-electron chi connectivity index (χ0n) is 21.8. The van der Waals surface area contributed by atoms with Gasteiger partial charge in [-0.2, -0.15) is 0 Å². The summed E-state index contributed by atoms with van der Waals surface area (Å²) in [5, 5.41) is 13.1. The highest BCUT2D eigenvalue weighted by atomic mass is 16.5. The third kappa shape index (κ3) is 9.25. The van der Waals surface area contributed by atoms with Crippen molar-refractivity contribution in [1.29, 1.82) is 0 Å². The molecule has 0 radical (unpaired) electrons. The average molecular weight is 505 g/mol. The largest absolute Gasteiger partial charge is 0.394 e. The monoisotopic (exact) mass is 504 g/mol. The first-order valence-electron chi connectivity index (χ1n) is 13.3. The van der Waals surface area contributed by atoms with Gasteiger partial charge in [0.1, 0.15) is 0 Å². The summed E-state index contributed by atoms with van der Waals surface area (Å²) in [7, 11) is 0. The Morgan fingerprint density at radius 3 is 1.84 bits per heavy atom. The molecule has 0 aromatic carbocycles. The van der Waals surface area contributed by atoms with E-state index in [4.69, 9.17) is 4.74 Å². The van der Waals surface area contributed by atoms with Crippen molar-refractivity contribution in [2.45, 2.75) is 45.1 Å². The summed E-state index contributed by atoms with van der Waals surface area (Å²) >= 11 is 0. The molecule has 0 aliphatic carbocycles. The third-order valence-corrected chi connectivity index (χ3v) is 6.91. The Morgan fingerprint density at radius 2 is 1.35 bits per heavy atom. The summed E-state index contributed by atoms with van der Waals surface area (Å²) in [5.74, 6) is 0.354. The highest BCUT2D eigenvalue weighted by molar-refractivity contribution is 5.07. The van der Waals surface area contributed by atoms with Gasteiger partial charge in [-0.1, -0.05) is 25.1 Å². The average Bonchev–Trinajstić information content (AvgIpc) is 2.93. The number of aliphatic hydroxyl groups excluding tert-OH is 1. The second kappa shape index (κ2) is 14.9. The van der Waals surface area contributed by atoms with E-state index in [1.807, 2.05) is 55.0 Å². The fraction of sp³-hybridized carbons (Fsp3) is 0.483. The van der Waals surface area contributed by atoms with Gasteiger partial charge in [-0.05, 0) is 48.7 Å². The van der Waals surface area contributed by atoms with E-state index in [0.717, 1.165) is 69.3 Å². The van der Waals surface area contributed by atoms with Crippen LogP contribution in [0.25, 0.3) is 0 Å². The van der Waals surface area contributed by atoms with Crippen molar-refractivity contribution in [1.82, 2.24) is 30.1 Å². The molecular formula is C29H40N6O2. The minimum absolute atomic E-state index is 0.0390.